The zero-order valence-electron chi connectivity index (χ0n) is 8.14. The molecule has 0 spiro atoms. The minimum Gasteiger partial charge on any atom is -0.508 e. The van der Waals surface area contributed by atoms with Gasteiger partial charge in [-0.05, 0) is 24.3 Å². The van der Waals surface area contributed by atoms with E-state index in [4.69, 9.17) is 5.11 Å². The summed E-state index contributed by atoms with van der Waals surface area (Å²) in [5.74, 6) is 0.557. The summed E-state index contributed by atoms with van der Waals surface area (Å²) in [4.78, 5) is 11.8. The van der Waals surface area contributed by atoms with Crippen molar-refractivity contribution in [2.45, 2.75) is 9.72 Å². The predicted octanol–water partition coefficient (Wildman–Crippen LogP) is 2.42. The van der Waals surface area contributed by atoms with Crippen LogP contribution in [0.1, 0.15) is 0 Å². The largest absolute Gasteiger partial charge is 0.508 e. The molecule has 1 atom stereocenters. The number of carbonyl (C=O) groups excluding carboxylic acids is 1. The van der Waals surface area contributed by atoms with Crippen molar-refractivity contribution in [3.63, 3.8) is 0 Å². The Morgan fingerprint density at radius 3 is 2.67 bits per heavy atom. The van der Waals surface area contributed by atoms with Gasteiger partial charge in [-0.1, -0.05) is 15.9 Å². The molecule has 1 aromatic carbocycles. The van der Waals surface area contributed by atoms with Crippen LogP contribution in [0.5, 0.6) is 5.75 Å². The SMILES string of the molecule is COC(=O)C(Br)CSc1ccc(O)cc1. The summed E-state index contributed by atoms with van der Waals surface area (Å²) >= 11 is 4.75. The molecule has 0 radical (unpaired) electrons. The monoisotopic (exact) mass is 290 g/mol. The molecule has 0 bridgehead atoms. The second-order valence-electron chi connectivity index (χ2n) is 2.80. The van der Waals surface area contributed by atoms with Gasteiger partial charge in [-0.25, -0.2) is 0 Å². The molecule has 1 aromatic rings. The number of alkyl halides is 1. The molecule has 0 fully saturated rings. The molecular formula is C10H11BrO3S. The molecule has 0 aliphatic rings. The van der Waals surface area contributed by atoms with Crippen molar-refractivity contribution in [3.8, 4) is 5.75 Å². The lowest BCUT2D eigenvalue weighted by atomic mass is 10.3. The first-order valence-corrected chi connectivity index (χ1v) is 6.17. The Bertz CT molecular complexity index is 326. The fourth-order valence-corrected chi connectivity index (χ4v) is 2.29. The second kappa shape index (κ2) is 6.02. The van der Waals surface area contributed by atoms with Crippen molar-refractivity contribution in [1.82, 2.24) is 0 Å². The average molecular weight is 291 g/mol. The number of phenols is 1. The average Bonchev–Trinajstić information content (AvgIpc) is 2.26. The Labute approximate surface area is 101 Å². The van der Waals surface area contributed by atoms with E-state index in [0.29, 0.717) is 5.75 Å². The third-order valence-corrected chi connectivity index (χ3v) is 3.92. The van der Waals surface area contributed by atoms with E-state index in [-0.39, 0.29) is 16.5 Å². The molecule has 3 nitrogen and oxygen atoms in total. The minimum atomic E-state index is -0.304. The van der Waals surface area contributed by atoms with E-state index in [0.717, 1.165) is 4.90 Å². The third kappa shape index (κ3) is 4.13. The van der Waals surface area contributed by atoms with Crippen molar-refractivity contribution in [2.24, 2.45) is 0 Å². The number of esters is 1. The van der Waals surface area contributed by atoms with Crippen LogP contribution in [0.3, 0.4) is 0 Å². The van der Waals surface area contributed by atoms with Crippen LogP contribution in [0, 0.1) is 0 Å². The van der Waals surface area contributed by atoms with Crippen molar-refractivity contribution >= 4 is 33.7 Å². The van der Waals surface area contributed by atoms with Crippen LogP contribution < -0.4 is 0 Å². The number of hydrogen-bond acceptors (Lipinski definition) is 4. The highest BCUT2D eigenvalue weighted by atomic mass is 79.9. The van der Waals surface area contributed by atoms with E-state index in [2.05, 4.69) is 20.7 Å². The fourth-order valence-electron chi connectivity index (χ4n) is 0.908. The van der Waals surface area contributed by atoms with Crippen LogP contribution in [0.2, 0.25) is 0 Å². The molecule has 1 rings (SSSR count). The normalized spacial score (nSPS) is 12.1. The van der Waals surface area contributed by atoms with Crippen LogP contribution in [-0.2, 0) is 9.53 Å². The minimum absolute atomic E-state index is 0.239. The van der Waals surface area contributed by atoms with Gasteiger partial charge in [-0.2, -0.15) is 0 Å². The van der Waals surface area contributed by atoms with Gasteiger partial charge in [-0.15, -0.1) is 11.8 Å². The van der Waals surface area contributed by atoms with Crippen LogP contribution in [0.25, 0.3) is 0 Å². The summed E-state index contributed by atoms with van der Waals surface area (Å²) in [7, 11) is 1.36. The van der Waals surface area contributed by atoms with Gasteiger partial charge in [0.25, 0.3) is 0 Å². The number of phenolic OH excluding ortho intramolecular Hbond substituents is 1. The molecular weight excluding hydrogens is 280 g/mol. The Morgan fingerprint density at radius 2 is 2.13 bits per heavy atom. The zero-order valence-corrected chi connectivity index (χ0v) is 10.5. The van der Waals surface area contributed by atoms with Crippen LogP contribution in [0.15, 0.2) is 29.2 Å². The van der Waals surface area contributed by atoms with Crippen molar-refractivity contribution in [1.29, 1.82) is 0 Å². The maximum Gasteiger partial charge on any atom is 0.320 e. The molecule has 0 heterocycles. The van der Waals surface area contributed by atoms with Gasteiger partial charge >= 0.3 is 5.97 Å². The lowest BCUT2D eigenvalue weighted by Crippen LogP contribution is -2.17. The standard InChI is InChI=1S/C10H11BrO3S/c1-14-10(13)9(11)6-15-8-4-2-7(12)3-5-8/h2-5,9,12H,6H2,1H3. The molecule has 0 aliphatic carbocycles. The Kier molecular flexibility index (Phi) is 4.98. The van der Waals surface area contributed by atoms with Gasteiger partial charge in [0.05, 0.1) is 7.11 Å². The Balaban J connectivity index is 2.43. The second-order valence-corrected chi connectivity index (χ2v) is 4.99. The maximum absolute atomic E-state index is 11.1. The van der Waals surface area contributed by atoms with E-state index < -0.39 is 0 Å². The highest BCUT2D eigenvalue weighted by molar-refractivity contribution is 9.10. The number of aromatic hydroxyl groups is 1. The van der Waals surface area contributed by atoms with Gasteiger partial charge in [0, 0.05) is 10.6 Å². The molecule has 0 aromatic heterocycles. The van der Waals surface area contributed by atoms with Crippen molar-refractivity contribution in [3.05, 3.63) is 24.3 Å². The zero-order chi connectivity index (χ0) is 11.3. The maximum atomic E-state index is 11.1. The van der Waals surface area contributed by atoms with Crippen molar-refractivity contribution < 1.29 is 14.6 Å². The molecule has 1 unspecified atom stereocenters. The number of hydrogen-bond donors (Lipinski definition) is 1. The number of ether oxygens (including phenoxy) is 1. The van der Waals surface area contributed by atoms with E-state index >= 15 is 0 Å². The van der Waals surface area contributed by atoms with Gasteiger partial charge in [0.2, 0.25) is 0 Å². The quantitative estimate of drug-likeness (QED) is 0.526. The molecule has 0 amide bonds. The van der Waals surface area contributed by atoms with Crippen LogP contribution in [0.4, 0.5) is 0 Å². The highest BCUT2D eigenvalue weighted by Gasteiger charge is 2.14. The summed E-state index contributed by atoms with van der Waals surface area (Å²) in [6.07, 6.45) is 0. The first-order chi connectivity index (χ1) is 7.13. The predicted molar refractivity (Wildman–Crippen MR) is 63.6 cm³/mol. The van der Waals surface area contributed by atoms with E-state index in [1.165, 1.54) is 18.9 Å². The third-order valence-electron chi connectivity index (χ3n) is 1.69. The number of thioether (sulfide) groups is 1. The highest BCUT2D eigenvalue weighted by Crippen LogP contribution is 2.23. The number of carbonyl (C=O) groups is 1. The number of rotatable bonds is 4. The summed E-state index contributed by atoms with van der Waals surface area (Å²) in [5.41, 5.74) is 0. The van der Waals surface area contributed by atoms with Gasteiger partial charge in [0.15, 0.2) is 0 Å². The van der Waals surface area contributed by atoms with Gasteiger partial charge in [0.1, 0.15) is 10.6 Å². The van der Waals surface area contributed by atoms with Gasteiger partial charge < -0.3 is 9.84 Å². The smallest absolute Gasteiger partial charge is 0.320 e. The first-order valence-electron chi connectivity index (χ1n) is 4.27. The Morgan fingerprint density at radius 1 is 1.53 bits per heavy atom. The number of methoxy groups -OCH3 is 1. The molecule has 5 heteroatoms. The molecule has 0 saturated heterocycles. The van der Waals surface area contributed by atoms with Gasteiger partial charge in [-0.3, -0.25) is 4.79 Å². The van der Waals surface area contributed by atoms with E-state index in [1.54, 1.807) is 24.3 Å². The summed E-state index contributed by atoms with van der Waals surface area (Å²) in [6.45, 7) is 0. The van der Waals surface area contributed by atoms with Crippen LogP contribution in [-0.4, -0.2) is 28.8 Å². The number of halogens is 1. The van der Waals surface area contributed by atoms with Crippen molar-refractivity contribution in [2.75, 3.05) is 12.9 Å². The summed E-state index contributed by atoms with van der Waals surface area (Å²) in [6, 6.07) is 6.83. The summed E-state index contributed by atoms with van der Waals surface area (Å²) in [5, 5.41) is 9.07. The molecule has 15 heavy (non-hydrogen) atoms. The molecule has 0 aliphatic heterocycles. The van der Waals surface area contributed by atoms with E-state index in [1.807, 2.05) is 0 Å². The molecule has 1 N–H and O–H groups in total. The van der Waals surface area contributed by atoms with E-state index in [9.17, 15) is 4.79 Å². The lowest BCUT2D eigenvalue weighted by molar-refractivity contribution is -0.139. The van der Waals surface area contributed by atoms with Crippen LogP contribution >= 0.6 is 27.7 Å². The summed E-state index contributed by atoms with van der Waals surface area (Å²) < 4.78 is 4.58. The Hall–Kier alpha value is -0.680. The topological polar surface area (TPSA) is 46.5 Å². The molecule has 0 saturated carbocycles. The molecule has 82 valence electrons. The fraction of sp³-hybridized carbons (Fsp3) is 0.300. The first kappa shape index (κ1) is 12.4. The lowest BCUT2D eigenvalue weighted by Gasteiger charge is -2.06. The number of benzene rings is 1.